The summed E-state index contributed by atoms with van der Waals surface area (Å²) in [5, 5.41) is 29.2. The van der Waals surface area contributed by atoms with Crippen LogP contribution in [0.1, 0.15) is 23.1 Å². The Labute approximate surface area is 157 Å². The van der Waals surface area contributed by atoms with Crippen LogP contribution in [0.5, 0.6) is 0 Å². The predicted octanol–water partition coefficient (Wildman–Crippen LogP) is 3.05. The largest absolute Gasteiger partial charge is 0.369 e. The molecule has 0 amide bonds. The van der Waals surface area contributed by atoms with E-state index in [0.29, 0.717) is 11.1 Å². The van der Waals surface area contributed by atoms with Gasteiger partial charge in [0.15, 0.2) is 0 Å². The van der Waals surface area contributed by atoms with Crippen LogP contribution in [0.3, 0.4) is 0 Å². The van der Waals surface area contributed by atoms with E-state index in [1.807, 2.05) is 24.3 Å². The first-order chi connectivity index (χ1) is 13.1. The number of anilines is 1. The summed E-state index contributed by atoms with van der Waals surface area (Å²) in [5.74, 6) is 0. The van der Waals surface area contributed by atoms with Crippen LogP contribution in [-0.4, -0.2) is 36.0 Å². The smallest absolute Gasteiger partial charge is 0.270 e. The fourth-order valence-corrected chi connectivity index (χ4v) is 3.32. The Balaban J connectivity index is 1.68. The number of hydrogen-bond acceptors (Lipinski definition) is 6. The molecular formula is C20H19N5O2. The van der Waals surface area contributed by atoms with Gasteiger partial charge in [0.05, 0.1) is 27.8 Å². The molecule has 0 N–H and O–H groups in total. The van der Waals surface area contributed by atoms with Gasteiger partial charge in [0.25, 0.3) is 5.69 Å². The maximum Gasteiger partial charge on any atom is 0.270 e. The third-order valence-electron chi connectivity index (χ3n) is 4.73. The van der Waals surface area contributed by atoms with Gasteiger partial charge in [-0.05, 0) is 30.2 Å². The summed E-state index contributed by atoms with van der Waals surface area (Å²) in [7, 11) is 0. The Morgan fingerprint density at radius 3 is 2.44 bits per heavy atom. The van der Waals surface area contributed by atoms with Crippen LogP contribution in [0.4, 0.5) is 11.4 Å². The molecule has 7 nitrogen and oxygen atoms in total. The molecule has 1 aliphatic rings. The Morgan fingerprint density at radius 1 is 1.00 bits per heavy atom. The molecule has 136 valence electrons. The lowest BCUT2D eigenvalue weighted by molar-refractivity contribution is -0.384. The molecule has 7 heteroatoms. The molecule has 3 rings (SSSR count). The number of nitro benzene ring substituents is 1. The molecule has 0 saturated carbocycles. The van der Waals surface area contributed by atoms with Gasteiger partial charge < -0.3 is 4.90 Å². The van der Waals surface area contributed by atoms with Crippen molar-refractivity contribution < 1.29 is 4.92 Å². The SMILES string of the molecule is N#Cc1ccc(CN2CCCN(c3ccc([N+](=O)[O-])cc3C#N)CC2)cc1. The minimum Gasteiger partial charge on any atom is -0.369 e. The van der Waals surface area contributed by atoms with Crippen LogP contribution >= 0.6 is 0 Å². The summed E-state index contributed by atoms with van der Waals surface area (Å²) < 4.78 is 0. The summed E-state index contributed by atoms with van der Waals surface area (Å²) in [4.78, 5) is 14.9. The molecule has 1 saturated heterocycles. The van der Waals surface area contributed by atoms with Crippen LogP contribution in [0.25, 0.3) is 0 Å². The van der Waals surface area contributed by atoms with Crippen LogP contribution in [0.15, 0.2) is 42.5 Å². The molecular weight excluding hydrogens is 342 g/mol. The number of benzene rings is 2. The van der Waals surface area contributed by atoms with Crippen molar-refractivity contribution in [2.75, 3.05) is 31.1 Å². The molecule has 0 aromatic heterocycles. The standard InChI is InChI=1S/C20H19N5O2/c21-13-16-2-4-17(5-3-16)15-23-8-1-9-24(11-10-23)20-7-6-19(25(26)27)12-18(20)14-22/h2-7,12H,1,8-11,15H2. The second kappa shape index (κ2) is 8.31. The quantitative estimate of drug-likeness (QED) is 0.613. The van der Waals surface area contributed by atoms with Gasteiger partial charge in [0.1, 0.15) is 6.07 Å². The van der Waals surface area contributed by atoms with Crippen LogP contribution < -0.4 is 4.90 Å². The van der Waals surface area contributed by atoms with Gasteiger partial charge in [-0.15, -0.1) is 0 Å². The number of rotatable bonds is 4. The van der Waals surface area contributed by atoms with Crippen molar-refractivity contribution in [2.24, 2.45) is 0 Å². The van der Waals surface area contributed by atoms with E-state index in [4.69, 9.17) is 5.26 Å². The van der Waals surface area contributed by atoms with Crippen molar-refractivity contribution in [2.45, 2.75) is 13.0 Å². The molecule has 0 radical (unpaired) electrons. The van der Waals surface area contributed by atoms with Gasteiger partial charge in [0, 0.05) is 44.9 Å². The zero-order valence-electron chi connectivity index (χ0n) is 14.8. The minimum absolute atomic E-state index is 0.0624. The number of nitrogens with zero attached hydrogens (tertiary/aromatic N) is 5. The van der Waals surface area contributed by atoms with Crippen molar-refractivity contribution >= 4 is 11.4 Å². The van der Waals surface area contributed by atoms with E-state index < -0.39 is 4.92 Å². The Hall–Kier alpha value is -3.42. The van der Waals surface area contributed by atoms with Crippen LogP contribution in [-0.2, 0) is 6.54 Å². The first-order valence-corrected chi connectivity index (χ1v) is 8.75. The maximum absolute atomic E-state index is 10.9. The number of nitro groups is 1. The third-order valence-corrected chi connectivity index (χ3v) is 4.73. The minimum atomic E-state index is -0.480. The predicted molar refractivity (Wildman–Crippen MR) is 101 cm³/mol. The molecule has 1 fully saturated rings. The van der Waals surface area contributed by atoms with E-state index >= 15 is 0 Å². The maximum atomic E-state index is 10.9. The molecule has 0 aliphatic carbocycles. The first-order valence-electron chi connectivity index (χ1n) is 8.75. The van der Waals surface area contributed by atoms with Gasteiger partial charge in [-0.2, -0.15) is 10.5 Å². The molecule has 2 aromatic carbocycles. The Morgan fingerprint density at radius 2 is 1.78 bits per heavy atom. The highest BCUT2D eigenvalue weighted by molar-refractivity contribution is 5.63. The van der Waals surface area contributed by atoms with Gasteiger partial charge in [-0.3, -0.25) is 15.0 Å². The summed E-state index contributed by atoms with van der Waals surface area (Å²) >= 11 is 0. The van der Waals surface area contributed by atoms with Gasteiger partial charge in [0.2, 0.25) is 0 Å². The van der Waals surface area contributed by atoms with Gasteiger partial charge in [-0.1, -0.05) is 12.1 Å². The molecule has 1 heterocycles. The highest BCUT2D eigenvalue weighted by Crippen LogP contribution is 2.26. The van der Waals surface area contributed by atoms with Crippen molar-refractivity contribution in [3.8, 4) is 12.1 Å². The molecule has 0 spiro atoms. The van der Waals surface area contributed by atoms with Gasteiger partial charge >= 0.3 is 0 Å². The highest BCUT2D eigenvalue weighted by atomic mass is 16.6. The molecule has 0 atom stereocenters. The second-order valence-corrected chi connectivity index (χ2v) is 6.50. The average Bonchev–Trinajstić information content (AvgIpc) is 2.93. The van der Waals surface area contributed by atoms with E-state index in [2.05, 4.69) is 21.9 Å². The van der Waals surface area contributed by atoms with E-state index in [1.165, 1.54) is 12.1 Å². The third kappa shape index (κ3) is 4.41. The Kier molecular flexibility index (Phi) is 5.65. The monoisotopic (exact) mass is 361 g/mol. The normalized spacial score (nSPS) is 14.8. The van der Waals surface area contributed by atoms with Gasteiger partial charge in [-0.25, -0.2) is 0 Å². The number of nitriles is 2. The highest BCUT2D eigenvalue weighted by Gasteiger charge is 2.19. The number of hydrogen-bond donors (Lipinski definition) is 0. The molecule has 2 aromatic rings. The summed E-state index contributed by atoms with van der Waals surface area (Å²) in [5.41, 5.74) is 2.85. The first kappa shape index (κ1) is 18.4. The van der Waals surface area contributed by atoms with E-state index in [1.54, 1.807) is 6.07 Å². The zero-order valence-corrected chi connectivity index (χ0v) is 14.8. The zero-order chi connectivity index (χ0) is 19.2. The van der Waals surface area contributed by atoms with Crippen molar-refractivity contribution in [1.82, 2.24) is 4.90 Å². The van der Waals surface area contributed by atoms with Crippen molar-refractivity contribution in [3.63, 3.8) is 0 Å². The fourth-order valence-electron chi connectivity index (χ4n) is 3.32. The summed E-state index contributed by atoms with van der Waals surface area (Å²) in [6.07, 6.45) is 0.943. The lowest BCUT2D eigenvalue weighted by Gasteiger charge is -2.24. The van der Waals surface area contributed by atoms with E-state index in [0.717, 1.165) is 50.4 Å². The lowest BCUT2D eigenvalue weighted by Crippen LogP contribution is -2.30. The summed E-state index contributed by atoms with van der Waals surface area (Å²) in [6.45, 7) is 4.14. The van der Waals surface area contributed by atoms with Crippen molar-refractivity contribution in [3.05, 3.63) is 69.3 Å². The van der Waals surface area contributed by atoms with E-state index in [-0.39, 0.29) is 5.69 Å². The molecule has 0 bridgehead atoms. The molecule has 1 aliphatic heterocycles. The molecule has 27 heavy (non-hydrogen) atoms. The summed E-state index contributed by atoms with van der Waals surface area (Å²) in [6, 6.07) is 16.3. The van der Waals surface area contributed by atoms with E-state index in [9.17, 15) is 15.4 Å². The average molecular weight is 361 g/mol. The second-order valence-electron chi connectivity index (χ2n) is 6.50. The lowest BCUT2D eigenvalue weighted by atomic mass is 10.1. The number of non-ortho nitro benzene ring substituents is 1. The van der Waals surface area contributed by atoms with Crippen LogP contribution in [0, 0.1) is 32.8 Å². The Bertz CT molecular complexity index is 911. The fraction of sp³-hybridized carbons (Fsp3) is 0.300. The topological polar surface area (TPSA) is 97.2 Å². The van der Waals surface area contributed by atoms with Crippen molar-refractivity contribution in [1.29, 1.82) is 10.5 Å². The molecule has 0 unspecified atom stereocenters. The van der Waals surface area contributed by atoms with Crippen LogP contribution in [0.2, 0.25) is 0 Å².